The first-order valence-electron chi connectivity index (χ1n) is 15.0. The van der Waals surface area contributed by atoms with Gasteiger partial charge in [-0.2, -0.15) is 0 Å². The lowest BCUT2D eigenvalue weighted by Gasteiger charge is -2.51. The van der Waals surface area contributed by atoms with Crippen LogP contribution in [0.25, 0.3) is 10.9 Å². The van der Waals surface area contributed by atoms with Crippen molar-refractivity contribution in [1.29, 1.82) is 0 Å². The van der Waals surface area contributed by atoms with Crippen molar-refractivity contribution >= 4 is 16.8 Å². The molecule has 226 valence electrons. The summed E-state index contributed by atoms with van der Waals surface area (Å²) in [5, 5.41) is 3.78. The maximum Gasteiger partial charge on any atom is 0.253 e. The number of hydrogen-bond donors (Lipinski definition) is 1. The van der Waals surface area contributed by atoms with E-state index in [4.69, 9.17) is 9.47 Å². The minimum absolute atomic E-state index is 0.196. The van der Waals surface area contributed by atoms with Crippen LogP contribution in [0.4, 0.5) is 8.78 Å². The molecule has 2 atom stereocenters. The molecule has 0 aliphatic carbocycles. The lowest BCUT2D eigenvalue weighted by atomic mass is 9.90. The van der Waals surface area contributed by atoms with Crippen LogP contribution in [0, 0.1) is 11.6 Å². The highest BCUT2D eigenvalue weighted by molar-refractivity contribution is 6.08. The number of para-hydroxylation sites is 1. The van der Waals surface area contributed by atoms with Gasteiger partial charge in [0.2, 0.25) is 0 Å². The number of methoxy groups -OCH3 is 1. The third kappa shape index (κ3) is 6.68. The highest BCUT2D eigenvalue weighted by Gasteiger charge is 2.38. The van der Waals surface area contributed by atoms with E-state index in [0.717, 1.165) is 55.8 Å². The van der Waals surface area contributed by atoms with E-state index in [-0.39, 0.29) is 24.1 Å². The van der Waals surface area contributed by atoms with Gasteiger partial charge >= 0.3 is 0 Å². The summed E-state index contributed by atoms with van der Waals surface area (Å²) in [6, 6.07) is 19.3. The van der Waals surface area contributed by atoms with Gasteiger partial charge in [-0.1, -0.05) is 24.3 Å². The van der Waals surface area contributed by atoms with Crippen LogP contribution in [0.3, 0.4) is 0 Å². The van der Waals surface area contributed by atoms with E-state index in [2.05, 4.69) is 19.7 Å². The second-order valence-electron chi connectivity index (χ2n) is 11.4. The second-order valence-corrected chi connectivity index (χ2v) is 11.4. The summed E-state index contributed by atoms with van der Waals surface area (Å²) >= 11 is 0. The summed E-state index contributed by atoms with van der Waals surface area (Å²) in [4.78, 5) is 18.4. The average molecular weight is 589 g/mol. The Balaban J connectivity index is 1.05. The molecule has 0 radical (unpaired) electrons. The number of fused-ring (bicyclic) bond motifs is 4. The molecule has 7 rings (SSSR count). The fourth-order valence-corrected chi connectivity index (χ4v) is 6.58. The summed E-state index contributed by atoms with van der Waals surface area (Å²) < 4.78 is 40.4. The molecule has 3 aromatic carbocycles. The molecule has 2 bridgehead atoms. The third-order valence-corrected chi connectivity index (χ3v) is 8.73. The number of amides is 1. The zero-order chi connectivity index (χ0) is 29.8. The van der Waals surface area contributed by atoms with Crippen LogP contribution in [-0.2, 0) is 13.1 Å². The van der Waals surface area contributed by atoms with Gasteiger partial charge in [0.25, 0.3) is 5.91 Å². The molecule has 1 amide bonds. The van der Waals surface area contributed by atoms with Gasteiger partial charge in [0.1, 0.15) is 29.7 Å². The van der Waals surface area contributed by atoms with Crippen molar-refractivity contribution in [1.82, 2.24) is 19.7 Å². The Hall–Kier alpha value is -3.95. The van der Waals surface area contributed by atoms with Crippen molar-refractivity contribution in [2.45, 2.75) is 44.4 Å². The predicted molar refractivity (Wildman–Crippen MR) is 163 cm³/mol. The average Bonchev–Trinajstić information content (AvgIpc) is 3.40. The highest BCUT2D eigenvalue weighted by Crippen LogP contribution is 2.32. The summed E-state index contributed by atoms with van der Waals surface area (Å²) in [5.41, 5.74) is 2.21. The number of piperidine rings is 2. The van der Waals surface area contributed by atoms with Crippen molar-refractivity contribution < 1.29 is 23.0 Å². The molecule has 2 unspecified atom stereocenters. The largest absolute Gasteiger partial charge is 0.495 e. The zero-order valence-electron chi connectivity index (χ0n) is 24.5. The number of rotatable bonds is 12. The lowest BCUT2D eigenvalue weighted by Crippen LogP contribution is -2.63. The highest BCUT2D eigenvalue weighted by atomic mass is 19.1. The first-order chi connectivity index (χ1) is 21.0. The predicted octanol–water partition coefficient (Wildman–Crippen LogP) is 5.48. The van der Waals surface area contributed by atoms with Gasteiger partial charge in [0.05, 0.1) is 18.2 Å². The van der Waals surface area contributed by atoms with E-state index in [9.17, 15) is 13.6 Å². The van der Waals surface area contributed by atoms with Gasteiger partial charge < -0.3 is 19.4 Å². The Bertz CT molecular complexity index is 1560. The number of halogens is 2. The molecule has 3 fully saturated rings. The fourth-order valence-electron chi connectivity index (χ4n) is 6.58. The molecular formula is C34H38F2N4O3. The summed E-state index contributed by atoms with van der Waals surface area (Å²) in [6.07, 6.45) is 5.27. The molecule has 43 heavy (non-hydrogen) atoms. The van der Waals surface area contributed by atoms with E-state index in [1.165, 1.54) is 37.1 Å². The molecule has 0 saturated carbocycles. The van der Waals surface area contributed by atoms with Crippen molar-refractivity contribution in [2.24, 2.45) is 0 Å². The molecule has 9 heteroatoms. The first-order valence-corrected chi connectivity index (χ1v) is 15.0. The van der Waals surface area contributed by atoms with Crippen LogP contribution < -0.4 is 14.8 Å². The topological polar surface area (TPSA) is 59.0 Å². The van der Waals surface area contributed by atoms with Crippen LogP contribution in [0.1, 0.15) is 35.2 Å². The number of ether oxygens (including phenoxy) is 2. The van der Waals surface area contributed by atoms with E-state index in [0.29, 0.717) is 35.6 Å². The van der Waals surface area contributed by atoms with Crippen LogP contribution in [0.2, 0.25) is 0 Å². The molecule has 4 aromatic rings. The van der Waals surface area contributed by atoms with E-state index in [1.54, 1.807) is 31.4 Å². The normalized spacial score (nSPS) is 18.7. The lowest BCUT2D eigenvalue weighted by molar-refractivity contribution is -0.0259. The Kier molecular flexibility index (Phi) is 8.90. The number of carbonyl (C=O) groups is 1. The Morgan fingerprint density at radius 2 is 1.65 bits per heavy atom. The minimum Gasteiger partial charge on any atom is -0.495 e. The van der Waals surface area contributed by atoms with E-state index in [1.807, 2.05) is 24.4 Å². The molecule has 4 heterocycles. The number of aromatic nitrogens is 1. The van der Waals surface area contributed by atoms with Crippen LogP contribution in [0.15, 0.2) is 72.9 Å². The number of nitrogens with zero attached hydrogens (tertiary/aromatic N) is 3. The maximum atomic E-state index is 13.6. The van der Waals surface area contributed by atoms with Crippen molar-refractivity contribution in [3.8, 4) is 11.5 Å². The maximum absolute atomic E-state index is 13.6. The van der Waals surface area contributed by atoms with Gasteiger partial charge in [-0.25, -0.2) is 8.78 Å². The van der Waals surface area contributed by atoms with Crippen molar-refractivity contribution in [3.63, 3.8) is 0 Å². The Morgan fingerprint density at radius 3 is 2.37 bits per heavy atom. The smallest absolute Gasteiger partial charge is 0.253 e. The Morgan fingerprint density at radius 1 is 0.907 bits per heavy atom. The molecule has 7 nitrogen and oxygen atoms in total. The van der Waals surface area contributed by atoms with Gasteiger partial charge in [0.15, 0.2) is 0 Å². The van der Waals surface area contributed by atoms with Gasteiger partial charge in [0, 0.05) is 62.9 Å². The Labute approximate surface area is 251 Å². The summed E-state index contributed by atoms with van der Waals surface area (Å²) in [5.74, 6) is 0.661. The van der Waals surface area contributed by atoms with Gasteiger partial charge in [-0.05, 0) is 67.3 Å². The fraction of sp³-hybridized carbons (Fsp3) is 0.382. The second kappa shape index (κ2) is 13.1. The van der Waals surface area contributed by atoms with E-state index >= 15 is 0 Å². The number of piperazine rings is 1. The minimum atomic E-state index is -0.321. The standard InChI is InChI=1S/C34H38F2N4O3/c1-42-32-8-3-7-30-31(34(41)37-20-24-5-2-6-26(36)19-24)23-40(33(30)32)16-4-15-38-21-28-12-11-27(38)22-39(28)17-18-43-29-13-9-25(35)10-14-29/h2-3,5-10,13-14,19,23,27-28H,4,11-12,15-18,20-22H2,1H3,(H,37,41). The molecule has 1 aromatic heterocycles. The van der Waals surface area contributed by atoms with Crippen molar-refractivity contribution in [2.75, 3.05) is 39.9 Å². The van der Waals surface area contributed by atoms with E-state index < -0.39 is 0 Å². The van der Waals surface area contributed by atoms with Gasteiger partial charge in [-0.15, -0.1) is 0 Å². The van der Waals surface area contributed by atoms with Crippen LogP contribution in [0.5, 0.6) is 11.5 Å². The number of benzene rings is 3. The zero-order valence-corrected chi connectivity index (χ0v) is 24.5. The van der Waals surface area contributed by atoms with Crippen LogP contribution in [-0.4, -0.2) is 72.3 Å². The SMILES string of the molecule is COc1cccc2c(C(=O)NCc3cccc(F)c3)cn(CCCN3CC4CCC3CN4CCOc3ccc(F)cc3)c12. The first kappa shape index (κ1) is 29.1. The summed E-state index contributed by atoms with van der Waals surface area (Å²) in [6.45, 7) is 5.54. The van der Waals surface area contributed by atoms with Gasteiger partial charge in [-0.3, -0.25) is 14.6 Å². The molecule has 3 aliphatic heterocycles. The number of aryl methyl sites for hydroxylation is 1. The molecule has 3 aliphatic rings. The van der Waals surface area contributed by atoms with Crippen molar-refractivity contribution in [3.05, 3.63) is 95.7 Å². The molecule has 3 saturated heterocycles. The summed E-state index contributed by atoms with van der Waals surface area (Å²) in [7, 11) is 1.65. The molecule has 1 N–H and O–H groups in total. The van der Waals surface area contributed by atoms with Crippen LogP contribution >= 0.6 is 0 Å². The number of carbonyl (C=O) groups excluding carboxylic acids is 1. The molecular weight excluding hydrogens is 550 g/mol. The monoisotopic (exact) mass is 588 g/mol. The molecule has 0 spiro atoms. The third-order valence-electron chi connectivity index (χ3n) is 8.73. The number of hydrogen-bond acceptors (Lipinski definition) is 5. The quantitative estimate of drug-likeness (QED) is 0.238. The number of nitrogens with one attached hydrogen (secondary N) is 1.